The predicted molar refractivity (Wildman–Crippen MR) is 88.3 cm³/mol. The molecule has 7 nitrogen and oxygen atoms in total. The Balaban J connectivity index is 2.52. The zero-order chi connectivity index (χ0) is 16.4. The molecule has 1 rings (SSSR count). The molecule has 0 aliphatic rings. The SMILES string of the molecule is CCNC(=NCCNS(=O)(=O)c1cccnc1)NC(C)CC. The van der Waals surface area contributed by atoms with Crippen LogP contribution in [0.5, 0.6) is 0 Å². The fourth-order valence-corrected chi connectivity index (χ4v) is 2.58. The Kier molecular flexibility index (Phi) is 7.83. The molecule has 0 amide bonds. The number of guanidine groups is 1. The third-order valence-electron chi connectivity index (χ3n) is 2.96. The largest absolute Gasteiger partial charge is 0.357 e. The Hall–Kier alpha value is -1.67. The van der Waals surface area contributed by atoms with Gasteiger partial charge in [-0.25, -0.2) is 13.1 Å². The van der Waals surface area contributed by atoms with E-state index < -0.39 is 10.0 Å². The van der Waals surface area contributed by atoms with E-state index in [2.05, 4.69) is 39.2 Å². The molecular formula is C14H25N5O2S. The normalized spacial score (nSPS) is 13.7. The summed E-state index contributed by atoms with van der Waals surface area (Å²) in [5.74, 6) is 0.692. The molecule has 0 aromatic carbocycles. The van der Waals surface area contributed by atoms with Crippen LogP contribution < -0.4 is 15.4 Å². The van der Waals surface area contributed by atoms with Crippen molar-refractivity contribution in [2.45, 2.75) is 38.1 Å². The number of aliphatic imine (C=N–C) groups is 1. The molecule has 0 bridgehead atoms. The first kappa shape index (κ1) is 18.4. The molecule has 3 N–H and O–H groups in total. The summed E-state index contributed by atoms with van der Waals surface area (Å²) in [5.41, 5.74) is 0. The number of aromatic nitrogens is 1. The van der Waals surface area contributed by atoms with Crippen LogP contribution in [0.3, 0.4) is 0 Å². The minimum atomic E-state index is -3.52. The van der Waals surface area contributed by atoms with Gasteiger partial charge in [0.05, 0.1) is 6.54 Å². The molecule has 8 heteroatoms. The van der Waals surface area contributed by atoms with Crippen molar-refractivity contribution in [1.29, 1.82) is 0 Å². The molecular weight excluding hydrogens is 302 g/mol. The second kappa shape index (κ2) is 9.37. The third-order valence-corrected chi connectivity index (χ3v) is 4.40. The first-order valence-electron chi connectivity index (χ1n) is 7.44. The summed E-state index contributed by atoms with van der Waals surface area (Å²) in [5, 5.41) is 6.38. The van der Waals surface area contributed by atoms with Crippen LogP contribution in [-0.2, 0) is 10.0 Å². The first-order chi connectivity index (χ1) is 10.5. The van der Waals surface area contributed by atoms with Crippen molar-refractivity contribution >= 4 is 16.0 Å². The number of nitrogens with one attached hydrogen (secondary N) is 3. The summed E-state index contributed by atoms with van der Waals surface area (Å²) in [6.45, 7) is 7.48. The number of hydrogen-bond acceptors (Lipinski definition) is 4. The molecule has 1 unspecified atom stereocenters. The molecule has 0 aliphatic heterocycles. The number of sulfonamides is 1. The lowest BCUT2D eigenvalue weighted by atomic mass is 10.3. The first-order valence-corrected chi connectivity index (χ1v) is 8.92. The van der Waals surface area contributed by atoms with Gasteiger partial charge in [0.25, 0.3) is 0 Å². The Bertz CT molecular complexity index is 560. The van der Waals surface area contributed by atoms with E-state index in [1.165, 1.54) is 18.5 Å². The maximum atomic E-state index is 12.0. The number of pyridine rings is 1. The average Bonchev–Trinajstić information content (AvgIpc) is 2.52. The molecule has 0 fully saturated rings. The van der Waals surface area contributed by atoms with Crippen LogP contribution in [0.25, 0.3) is 0 Å². The van der Waals surface area contributed by atoms with Gasteiger partial charge in [-0.05, 0) is 32.4 Å². The van der Waals surface area contributed by atoms with Crippen LogP contribution in [0.1, 0.15) is 27.2 Å². The maximum Gasteiger partial charge on any atom is 0.242 e. The highest BCUT2D eigenvalue weighted by Gasteiger charge is 2.12. The van der Waals surface area contributed by atoms with Crippen LogP contribution in [0.4, 0.5) is 0 Å². The second-order valence-corrected chi connectivity index (χ2v) is 6.57. The molecule has 124 valence electrons. The second-order valence-electron chi connectivity index (χ2n) is 4.80. The Labute approximate surface area is 132 Å². The Morgan fingerprint density at radius 1 is 1.41 bits per heavy atom. The Morgan fingerprint density at radius 2 is 2.18 bits per heavy atom. The fraction of sp³-hybridized carbons (Fsp3) is 0.571. The quantitative estimate of drug-likeness (QED) is 0.371. The van der Waals surface area contributed by atoms with Gasteiger partial charge >= 0.3 is 0 Å². The molecule has 0 saturated heterocycles. The van der Waals surface area contributed by atoms with E-state index in [4.69, 9.17) is 0 Å². The molecule has 1 aromatic rings. The van der Waals surface area contributed by atoms with Crippen LogP contribution in [-0.4, -0.2) is 45.0 Å². The van der Waals surface area contributed by atoms with Gasteiger partial charge in [0.2, 0.25) is 10.0 Å². The van der Waals surface area contributed by atoms with E-state index in [0.717, 1.165) is 13.0 Å². The van der Waals surface area contributed by atoms with Crippen LogP contribution in [0.15, 0.2) is 34.4 Å². The van der Waals surface area contributed by atoms with E-state index in [0.29, 0.717) is 18.5 Å². The topological polar surface area (TPSA) is 95.5 Å². The summed E-state index contributed by atoms with van der Waals surface area (Å²) >= 11 is 0. The zero-order valence-electron chi connectivity index (χ0n) is 13.3. The number of hydrogen-bond donors (Lipinski definition) is 3. The summed E-state index contributed by atoms with van der Waals surface area (Å²) in [4.78, 5) is 8.31. The molecule has 1 atom stereocenters. The van der Waals surface area contributed by atoms with Gasteiger partial charge in [-0.1, -0.05) is 6.92 Å². The molecule has 0 radical (unpaired) electrons. The highest BCUT2D eigenvalue weighted by molar-refractivity contribution is 7.89. The van der Waals surface area contributed by atoms with E-state index in [9.17, 15) is 8.42 Å². The monoisotopic (exact) mass is 327 g/mol. The van der Waals surface area contributed by atoms with Gasteiger partial charge in [0, 0.05) is 31.5 Å². The smallest absolute Gasteiger partial charge is 0.242 e. The standard InChI is InChI=1S/C14H25N5O2S/c1-4-12(3)19-14(16-5-2)17-9-10-18-22(20,21)13-7-6-8-15-11-13/h6-8,11-12,18H,4-5,9-10H2,1-3H3,(H2,16,17,19). The van der Waals surface area contributed by atoms with Gasteiger partial charge in [-0.2, -0.15) is 0 Å². The minimum Gasteiger partial charge on any atom is -0.357 e. The molecule has 1 heterocycles. The molecule has 0 spiro atoms. The van der Waals surface area contributed by atoms with Gasteiger partial charge in [-0.15, -0.1) is 0 Å². The molecule has 0 saturated carbocycles. The third kappa shape index (κ3) is 6.40. The highest BCUT2D eigenvalue weighted by atomic mass is 32.2. The van der Waals surface area contributed by atoms with E-state index >= 15 is 0 Å². The molecule has 0 aliphatic carbocycles. The predicted octanol–water partition coefficient (Wildman–Crippen LogP) is 0.714. The lowest BCUT2D eigenvalue weighted by Crippen LogP contribution is -2.42. The maximum absolute atomic E-state index is 12.0. The van der Waals surface area contributed by atoms with Crippen molar-refractivity contribution in [1.82, 2.24) is 20.3 Å². The van der Waals surface area contributed by atoms with Crippen LogP contribution in [0, 0.1) is 0 Å². The van der Waals surface area contributed by atoms with Gasteiger partial charge in [0.15, 0.2) is 5.96 Å². The van der Waals surface area contributed by atoms with Crippen molar-refractivity contribution < 1.29 is 8.42 Å². The van der Waals surface area contributed by atoms with E-state index in [1.807, 2.05) is 6.92 Å². The summed E-state index contributed by atoms with van der Waals surface area (Å²) in [6.07, 6.45) is 3.84. The van der Waals surface area contributed by atoms with Crippen molar-refractivity contribution in [3.8, 4) is 0 Å². The van der Waals surface area contributed by atoms with Crippen molar-refractivity contribution in [2.75, 3.05) is 19.6 Å². The Morgan fingerprint density at radius 3 is 2.77 bits per heavy atom. The van der Waals surface area contributed by atoms with E-state index in [-0.39, 0.29) is 11.4 Å². The van der Waals surface area contributed by atoms with Crippen molar-refractivity contribution in [3.05, 3.63) is 24.5 Å². The number of rotatable bonds is 8. The minimum absolute atomic E-state index is 0.156. The summed E-state index contributed by atoms with van der Waals surface area (Å²) < 4.78 is 26.5. The van der Waals surface area contributed by atoms with E-state index in [1.54, 1.807) is 6.07 Å². The van der Waals surface area contributed by atoms with Crippen LogP contribution >= 0.6 is 0 Å². The van der Waals surface area contributed by atoms with Gasteiger partial charge in [0.1, 0.15) is 4.90 Å². The van der Waals surface area contributed by atoms with Crippen molar-refractivity contribution in [2.24, 2.45) is 4.99 Å². The van der Waals surface area contributed by atoms with Gasteiger partial charge in [-0.3, -0.25) is 9.98 Å². The van der Waals surface area contributed by atoms with Crippen LogP contribution in [0.2, 0.25) is 0 Å². The summed E-state index contributed by atoms with van der Waals surface area (Å²) in [7, 11) is -3.52. The number of nitrogens with zero attached hydrogens (tertiary/aromatic N) is 2. The van der Waals surface area contributed by atoms with Gasteiger partial charge < -0.3 is 10.6 Å². The van der Waals surface area contributed by atoms with Crippen molar-refractivity contribution in [3.63, 3.8) is 0 Å². The summed E-state index contributed by atoms with van der Waals surface area (Å²) in [6, 6.07) is 3.41. The molecule has 1 aromatic heterocycles. The fourth-order valence-electron chi connectivity index (χ4n) is 1.59. The zero-order valence-corrected chi connectivity index (χ0v) is 14.2. The lowest BCUT2D eigenvalue weighted by Gasteiger charge is -2.16. The lowest BCUT2D eigenvalue weighted by molar-refractivity contribution is 0.581. The average molecular weight is 327 g/mol. The highest BCUT2D eigenvalue weighted by Crippen LogP contribution is 2.04. The molecule has 22 heavy (non-hydrogen) atoms.